The maximum Gasteiger partial charge on any atom is 0.309 e. The van der Waals surface area contributed by atoms with Gasteiger partial charge in [0.25, 0.3) is 0 Å². The molecule has 3 aromatic rings. The van der Waals surface area contributed by atoms with E-state index in [1.807, 2.05) is 30.3 Å². The van der Waals surface area contributed by atoms with Crippen molar-refractivity contribution in [3.63, 3.8) is 0 Å². The largest absolute Gasteiger partial charge is 0.469 e. The number of methoxy groups -OCH3 is 1. The summed E-state index contributed by atoms with van der Waals surface area (Å²) in [6.45, 7) is 0. The first-order valence-corrected chi connectivity index (χ1v) is 6.86. The molecule has 4 heteroatoms. The maximum atomic E-state index is 12.3. The number of carbonyl (C=O) groups excluding carboxylic acids is 1. The van der Waals surface area contributed by atoms with Gasteiger partial charge in [0.05, 0.1) is 18.9 Å². The Bertz CT molecular complexity index is 878. The van der Waals surface area contributed by atoms with Gasteiger partial charge in [-0.15, -0.1) is 0 Å². The van der Waals surface area contributed by atoms with E-state index in [2.05, 4.69) is 4.74 Å². The number of hydrogen-bond acceptors (Lipinski definition) is 4. The second-order valence-corrected chi connectivity index (χ2v) is 4.92. The summed E-state index contributed by atoms with van der Waals surface area (Å²) in [5.41, 5.74) is 1.94. The van der Waals surface area contributed by atoms with Gasteiger partial charge < -0.3 is 9.15 Å². The number of benzene rings is 2. The van der Waals surface area contributed by atoms with Gasteiger partial charge in [0, 0.05) is 11.6 Å². The molecular weight excluding hydrogens is 280 g/mol. The Morgan fingerprint density at radius 1 is 1.09 bits per heavy atom. The van der Waals surface area contributed by atoms with Crippen LogP contribution in [0.15, 0.2) is 63.8 Å². The lowest BCUT2D eigenvalue weighted by atomic mass is 10.1. The number of ether oxygens (including phenoxy) is 1. The molecule has 0 bridgehead atoms. The third kappa shape index (κ3) is 2.76. The topological polar surface area (TPSA) is 56.5 Å². The van der Waals surface area contributed by atoms with Crippen LogP contribution in [-0.2, 0) is 16.0 Å². The van der Waals surface area contributed by atoms with Gasteiger partial charge in [0.2, 0.25) is 0 Å². The minimum absolute atomic E-state index is 0.131. The van der Waals surface area contributed by atoms with Crippen LogP contribution < -0.4 is 5.43 Å². The van der Waals surface area contributed by atoms with Crippen LogP contribution in [0.2, 0.25) is 0 Å². The molecule has 22 heavy (non-hydrogen) atoms. The van der Waals surface area contributed by atoms with Gasteiger partial charge in [0.15, 0.2) is 5.43 Å². The minimum atomic E-state index is -0.343. The van der Waals surface area contributed by atoms with E-state index < -0.39 is 0 Å². The highest BCUT2D eigenvalue weighted by Crippen LogP contribution is 2.22. The summed E-state index contributed by atoms with van der Waals surface area (Å²) < 4.78 is 10.4. The van der Waals surface area contributed by atoms with E-state index in [0.29, 0.717) is 16.7 Å². The summed E-state index contributed by atoms with van der Waals surface area (Å²) in [6, 6.07) is 16.1. The third-order valence-corrected chi connectivity index (χ3v) is 3.43. The van der Waals surface area contributed by atoms with E-state index in [9.17, 15) is 9.59 Å². The Hall–Kier alpha value is -2.88. The Morgan fingerprint density at radius 2 is 1.86 bits per heavy atom. The van der Waals surface area contributed by atoms with Gasteiger partial charge >= 0.3 is 5.97 Å². The molecule has 0 N–H and O–H groups in total. The number of carbonyl (C=O) groups is 1. The van der Waals surface area contributed by atoms with Crippen molar-refractivity contribution in [1.82, 2.24) is 0 Å². The van der Waals surface area contributed by atoms with Gasteiger partial charge in [-0.05, 0) is 17.7 Å². The molecule has 0 saturated heterocycles. The smallest absolute Gasteiger partial charge is 0.309 e. The second-order valence-electron chi connectivity index (χ2n) is 4.92. The van der Waals surface area contributed by atoms with Crippen molar-refractivity contribution in [2.75, 3.05) is 7.11 Å². The van der Waals surface area contributed by atoms with E-state index in [0.717, 1.165) is 11.1 Å². The van der Waals surface area contributed by atoms with Crippen molar-refractivity contribution in [2.24, 2.45) is 0 Å². The highest BCUT2D eigenvalue weighted by atomic mass is 16.5. The maximum absolute atomic E-state index is 12.3. The SMILES string of the molecule is COC(=O)Cc1ccc2oc(-c3ccccc3)cc(=O)c2c1. The average molecular weight is 294 g/mol. The van der Waals surface area contributed by atoms with E-state index in [1.165, 1.54) is 13.2 Å². The lowest BCUT2D eigenvalue weighted by molar-refractivity contribution is -0.139. The van der Waals surface area contributed by atoms with Crippen molar-refractivity contribution in [1.29, 1.82) is 0 Å². The predicted molar refractivity (Wildman–Crippen MR) is 83.6 cm³/mol. The summed E-state index contributed by atoms with van der Waals surface area (Å²) in [5.74, 6) is 0.184. The Morgan fingerprint density at radius 3 is 2.59 bits per heavy atom. The first kappa shape index (κ1) is 14.1. The van der Waals surface area contributed by atoms with Gasteiger partial charge in [-0.1, -0.05) is 36.4 Å². The standard InChI is InChI=1S/C18H14O4/c1-21-18(20)10-12-7-8-16-14(9-12)15(19)11-17(22-16)13-5-3-2-4-6-13/h2-9,11H,10H2,1H3. The van der Waals surface area contributed by atoms with Crippen LogP contribution in [0.1, 0.15) is 5.56 Å². The lowest BCUT2D eigenvalue weighted by Gasteiger charge is -2.05. The fourth-order valence-corrected chi connectivity index (χ4v) is 2.30. The molecule has 0 saturated carbocycles. The molecule has 2 aromatic carbocycles. The minimum Gasteiger partial charge on any atom is -0.469 e. The zero-order valence-corrected chi connectivity index (χ0v) is 12.0. The van der Waals surface area contributed by atoms with Crippen LogP contribution in [0, 0.1) is 0 Å². The summed E-state index contributed by atoms with van der Waals surface area (Å²) >= 11 is 0. The van der Waals surface area contributed by atoms with E-state index in [4.69, 9.17) is 4.42 Å². The van der Waals surface area contributed by atoms with Crippen molar-refractivity contribution in [2.45, 2.75) is 6.42 Å². The molecule has 0 unspecified atom stereocenters. The molecule has 3 rings (SSSR count). The Labute approximate surface area is 127 Å². The van der Waals surface area contributed by atoms with Crippen molar-refractivity contribution in [3.8, 4) is 11.3 Å². The first-order chi connectivity index (χ1) is 10.7. The number of rotatable bonds is 3. The quantitative estimate of drug-likeness (QED) is 0.696. The molecule has 0 aliphatic rings. The Kier molecular flexibility index (Phi) is 3.74. The van der Waals surface area contributed by atoms with E-state index in [1.54, 1.807) is 18.2 Å². The number of fused-ring (bicyclic) bond motifs is 1. The highest BCUT2D eigenvalue weighted by molar-refractivity contribution is 5.81. The highest BCUT2D eigenvalue weighted by Gasteiger charge is 2.09. The summed E-state index contributed by atoms with van der Waals surface area (Å²) in [5, 5.41) is 0.459. The zero-order valence-electron chi connectivity index (χ0n) is 12.0. The van der Waals surface area contributed by atoms with E-state index in [-0.39, 0.29) is 17.8 Å². The lowest BCUT2D eigenvalue weighted by Crippen LogP contribution is -2.06. The van der Waals surface area contributed by atoms with Gasteiger partial charge in [-0.2, -0.15) is 0 Å². The number of hydrogen-bond donors (Lipinski definition) is 0. The third-order valence-electron chi connectivity index (χ3n) is 3.43. The number of esters is 1. The normalized spacial score (nSPS) is 10.6. The molecule has 0 aliphatic heterocycles. The molecule has 4 nitrogen and oxygen atoms in total. The van der Waals surface area contributed by atoms with Crippen LogP contribution in [0.4, 0.5) is 0 Å². The average Bonchev–Trinajstić information content (AvgIpc) is 2.56. The molecule has 0 spiro atoms. The monoisotopic (exact) mass is 294 g/mol. The summed E-state index contributed by atoms with van der Waals surface area (Å²) in [7, 11) is 1.34. The van der Waals surface area contributed by atoms with Gasteiger partial charge in [-0.25, -0.2) is 0 Å². The van der Waals surface area contributed by atoms with Crippen LogP contribution in [0.3, 0.4) is 0 Å². The first-order valence-electron chi connectivity index (χ1n) is 6.86. The van der Waals surface area contributed by atoms with Crippen LogP contribution in [0.5, 0.6) is 0 Å². The van der Waals surface area contributed by atoms with Crippen molar-refractivity contribution >= 4 is 16.9 Å². The van der Waals surface area contributed by atoms with Crippen LogP contribution in [-0.4, -0.2) is 13.1 Å². The zero-order chi connectivity index (χ0) is 15.5. The molecule has 110 valence electrons. The molecular formula is C18H14O4. The molecule has 1 aromatic heterocycles. The molecule has 1 heterocycles. The molecule has 0 radical (unpaired) electrons. The van der Waals surface area contributed by atoms with Gasteiger partial charge in [-0.3, -0.25) is 9.59 Å². The summed E-state index contributed by atoms with van der Waals surface area (Å²) in [6.07, 6.45) is 0.131. The molecule has 0 atom stereocenters. The van der Waals surface area contributed by atoms with Crippen molar-refractivity contribution < 1.29 is 13.9 Å². The summed E-state index contributed by atoms with van der Waals surface area (Å²) in [4.78, 5) is 23.6. The molecule has 0 fully saturated rings. The van der Waals surface area contributed by atoms with Crippen LogP contribution in [0.25, 0.3) is 22.3 Å². The fourth-order valence-electron chi connectivity index (χ4n) is 2.30. The molecule has 0 amide bonds. The van der Waals surface area contributed by atoms with Gasteiger partial charge in [0.1, 0.15) is 11.3 Å². The van der Waals surface area contributed by atoms with E-state index >= 15 is 0 Å². The molecule has 0 aliphatic carbocycles. The second kappa shape index (κ2) is 5.85. The van der Waals surface area contributed by atoms with Crippen molar-refractivity contribution in [3.05, 3.63) is 70.4 Å². The predicted octanol–water partition coefficient (Wildman–Crippen LogP) is 3.18. The fraction of sp³-hybridized carbons (Fsp3) is 0.111. The van der Waals surface area contributed by atoms with Crippen LogP contribution >= 0.6 is 0 Å². The Balaban J connectivity index is 2.07.